The molecule has 0 saturated carbocycles. The lowest BCUT2D eigenvalue weighted by molar-refractivity contribution is -0.00885. The number of sulfonamides is 1. The van der Waals surface area contributed by atoms with Gasteiger partial charge in [0.15, 0.2) is 11.4 Å². The van der Waals surface area contributed by atoms with E-state index in [1.807, 2.05) is 0 Å². The monoisotopic (exact) mass is 525 g/mol. The molecular formula is C17H22BrF2N5O3S2. The zero-order chi connectivity index (χ0) is 21.8. The molecule has 0 spiro atoms. The van der Waals surface area contributed by atoms with Crippen molar-refractivity contribution < 1.29 is 22.3 Å². The van der Waals surface area contributed by atoms with Crippen molar-refractivity contribution >= 4 is 42.4 Å². The van der Waals surface area contributed by atoms with Gasteiger partial charge in [-0.1, -0.05) is 45.5 Å². The standard InChI is InChI=1S/C17H22BrF2N5O3S2/c18-13(23-11-17(26)9-21-10-17)6-7-14(19)25(16-22-8-15(20)29-16)24-30(27,28)12-4-2-1-3-5-12/h1-5,8,13-14,21,23-24,26H,6-7,9-11H2. The lowest BCUT2D eigenvalue weighted by Gasteiger charge is -2.38. The maximum absolute atomic E-state index is 15.1. The number of benzene rings is 1. The fraction of sp³-hybridized carbons (Fsp3) is 0.471. The number of halogens is 3. The van der Waals surface area contributed by atoms with Crippen molar-refractivity contribution in [1.82, 2.24) is 20.4 Å². The molecule has 1 aliphatic heterocycles. The van der Waals surface area contributed by atoms with E-state index in [2.05, 4.69) is 36.4 Å². The summed E-state index contributed by atoms with van der Waals surface area (Å²) >= 11 is 3.91. The number of rotatable bonds is 11. The molecule has 2 heterocycles. The van der Waals surface area contributed by atoms with Crippen molar-refractivity contribution in [3.8, 4) is 0 Å². The number of thiazole rings is 1. The topological polar surface area (TPSA) is 107 Å². The normalized spacial score (nSPS) is 17.9. The maximum atomic E-state index is 15.1. The Labute approximate surface area is 185 Å². The van der Waals surface area contributed by atoms with E-state index in [0.29, 0.717) is 31.0 Å². The van der Waals surface area contributed by atoms with E-state index in [9.17, 15) is 17.9 Å². The number of hydrogen-bond acceptors (Lipinski definition) is 8. The van der Waals surface area contributed by atoms with Crippen LogP contribution >= 0.6 is 27.3 Å². The molecular weight excluding hydrogens is 504 g/mol. The molecule has 4 N–H and O–H groups in total. The van der Waals surface area contributed by atoms with Gasteiger partial charge in [0.05, 0.1) is 16.0 Å². The van der Waals surface area contributed by atoms with Crippen LogP contribution in [0, 0.1) is 5.13 Å². The molecule has 0 aliphatic carbocycles. The number of hydrogen-bond donors (Lipinski definition) is 4. The second-order valence-electron chi connectivity index (χ2n) is 6.91. The zero-order valence-corrected chi connectivity index (χ0v) is 19.0. The van der Waals surface area contributed by atoms with Gasteiger partial charge in [-0.15, -0.1) is 4.83 Å². The van der Waals surface area contributed by atoms with Crippen LogP contribution in [0.2, 0.25) is 0 Å². The van der Waals surface area contributed by atoms with Gasteiger partial charge in [-0.05, 0) is 18.6 Å². The molecule has 166 valence electrons. The Kier molecular flexibility index (Phi) is 7.76. The summed E-state index contributed by atoms with van der Waals surface area (Å²) in [6.45, 7) is 1.29. The smallest absolute Gasteiger partial charge is 0.257 e. The molecule has 13 heteroatoms. The molecule has 1 saturated heterocycles. The Balaban J connectivity index is 1.64. The first kappa shape index (κ1) is 23.4. The van der Waals surface area contributed by atoms with E-state index in [-0.39, 0.29) is 27.8 Å². The molecule has 2 aromatic rings. The van der Waals surface area contributed by atoms with Gasteiger partial charge in [-0.25, -0.2) is 22.8 Å². The highest BCUT2D eigenvalue weighted by Gasteiger charge is 2.34. The highest BCUT2D eigenvalue weighted by atomic mass is 79.9. The van der Waals surface area contributed by atoms with Crippen LogP contribution in [0.1, 0.15) is 12.8 Å². The van der Waals surface area contributed by atoms with Gasteiger partial charge >= 0.3 is 0 Å². The van der Waals surface area contributed by atoms with Crippen molar-refractivity contribution in [2.24, 2.45) is 0 Å². The van der Waals surface area contributed by atoms with Gasteiger partial charge < -0.3 is 15.7 Å². The van der Waals surface area contributed by atoms with Crippen LogP contribution < -0.4 is 20.5 Å². The third kappa shape index (κ3) is 6.15. The number of alkyl halides is 2. The predicted molar refractivity (Wildman–Crippen MR) is 114 cm³/mol. The summed E-state index contributed by atoms with van der Waals surface area (Å²) in [6, 6.07) is 7.48. The Hall–Kier alpha value is -1.22. The van der Waals surface area contributed by atoms with Crippen molar-refractivity contribution in [3.05, 3.63) is 41.7 Å². The van der Waals surface area contributed by atoms with Crippen molar-refractivity contribution in [2.45, 2.75) is 34.6 Å². The number of aromatic nitrogens is 1. The van der Waals surface area contributed by atoms with Gasteiger partial charge in [0, 0.05) is 26.1 Å². The third-order valence-corrected chi connectivity index (χ3v) is 7.34. The molecule has 2 atom stereocenters. The molecule has 1 aromatic carbocycles. The van der Waals surface area contributed by atoms with E-state index in [4.69, 9.17) is 0 Å². The van der Waals surface area contributed by atoms with Gasteiger partial charge in [-0.3, -0.25) is 0 Å². The van der Waals surface area contributed by atoms with E-state index >= 15 is 4.39 Å². The van der Waals surface area contributed by atoms with Gasteiger partial charge in [0.25, 0.3) is 10.0 Å². The fourth-order valence-corrected chi connectivity index (χ4v) is 4.92. The number of nitrogens with zero attached hydrogens (tertiary/aromatic N) is 2. The fourth-order valence-electron chi connectivity index (χ4n) is 2.71. The first-order valence-electron chi connectivity index (χ1n) is 9.11. The lowest BCUT2D eigenvalue weighted by atomic mass is 9.97. The average molecular weight is 526 g/mol. The van der Waals surface area contributed by atoms with Crippen LogP contribution in [-0.2, 0) is 10.0 Å². The molecule has 1 aromatic heterocycles. The summed E-state index contributed by atoms with van der Waals surface area (Å²) in [4.78, 5) is 5.57. The second kappa shape index (κ2) is 9.94. The Morgan fingerprint density at radius 1 is 1.33 bits per heavy atom. The first-order chi connectivity index (χ1) is 14.2. The van der Waals surface area contributed by atoms with E-state index in [0.717, 1.165) is 11.2 Å². The summed E-state index contributed by atoms with van der Waals surface area (Å²) in [5, 5.41) is 16.0. The molecule has 0 bridgehead atoms. The van der Waals surface area contributed by atoms with Gasteiger partial charge in [0.2, 0.25) is 5.13 Å². The Morgan fingerprint density at radius 2 is 2.03 bits per heavy atom. The van der Waals surface area contributed by atoms with E-state index < -0.39 is 27.1 Å². The summed E-state index contributed by atoms with van der Waals surface area (Å²) in [5.74, 6) is 0. The first-order valence-corrected chi connectivity index (χ1v) is 12.3. The molecule has 0 radical (unpaired) electrons. The molecule has 8 nitrogen and oxygen atoms in total. The summed E-state index contributed by atoms with van der Waals surface area (Å²) in [6.07, 6.45) is -0.705. The Bertz CT molecular complexity index is 930. The van der Waals surface area contributed by atoms with Crippen LogP contribution in [0.15, 0.2) is 41.4 Å². The molecule has 3 rings (SSSR count). The van der Waals surface area contributed by atoms with E-state index in [1.54, 1.807) is 18.2 Å². The van der Waals surface area contributed by atoms with Gasteiger partial charge in [0.1, 0.15) is 5.60 Å². The highest BCUT2D eigenvalue weighted by molar-refractivity contribution is 9.09. The third-order valence-electron chi connectivity index (χ3n) is 4.44. The zero-order valence-electron chi connectivity index (χ0n) is 15.8. The lowest BCUT2D eigenvalue weighted by Crippen LogP contribution is -2.64. The van der Waals surface area contributed by atoms with Crippen LogP contribution in [-0.4, -0.2) is 55.0 Å². The Morgan fingerprint density at radius 3 is 2.60 bits per heavy atom. The number of hydrazine groups is 1. The molecule has 1 fully saturated rings. The van der Waals surface area contributed by atoms with Crippen molar-refractivity contribution in [3.63, 3.8) is 0 Å². The second-order valence-corrected chi connectivity index (χ2v) is 10.6. The van der Waals surface area contributed by atoms with E-state index in [1.165, 1.54) is 12.1 Å². The molecule has 0 amide bonds. The molecule has 30 heavy (non-hydrogen) atoms. The summed E-state index contributed by atoms with van der Waals surface area (Å²) in [5.41, 5.74) is -0.823. The van der Waals surface area contributed by atoms with Crippen molar-refractivity contribution in [1.29, 1.82) is 0 Å². The summed E-state index contributed by atoms with van der Waals surface area (Å²) < 4.78 is 53.8. The quantitative estimate of drug-likeness (QED) is 0.201. The minimum Gasteiger partial charge on any atom is -0.386 e. The summed E-state index contributed by atoms with van der Waals surface area (Å²) in [7, 11) is -4.09. The number of anilines is 1. The number of nitrogens with one attached hydrogen (secondary N) is 3. The highest BCUT2D eigenvalue weighted by Crippen LogP contribution is 2.26. The average Bonchev–Trinajstić information content (AvgIpc) is 3.14. The molecule has 1 aliphatic rings. The van der Waals surface area contributed by atoms with Crippen LogP contribution in [0.25, 0.3) is 0 Å². The largest absolute Gasteiger partial charge is 0.386 e. The maximum Gasteiger partial charge on any atom is 0.257 e. The van der Waals surface area contributed by atoms with Crippen LogP contribution in [0.3, 0.4) is 0 Å². The van der Waals surface area contributed by atoms with Gasteiger partial charge in [-0.2, -0.15) is 4.39 Å². The number of aliphatic hydroxyl groups is 1. The molecule has 2 unspecified atom stereocenters. The SMILES string of the molecule is O=S(=O)(NN(c1ncc(F)s1)C(F)CCC(Br)NCC1(O)CNC1)c1ccccc1. The van der Waals surface area contributed by atoms with Crippen LogP contribution in [0.4, 0.5) is 13.9 Å². The predicted octanol–water partition coefficient (Wildman–Crippen LogP) is 1.70. The van der Waals surface area contributed by atoms with Crippen LogP contribution in [0.5, 0.6) is 0 Å². The minimum absolute atomic E-state index is 0.0541. The van der Waals surface area contributed by atoms with Crippen molar-refractivity contribution in [2.75, 3.05) is 24.6 Å². The number of β-amino-alcohol motifs (C(OH)–C–C–N with tert-alkyl or cyclic N) is 1. The minimum atomic E-state index is -4.09.